The highest BCUT2D eigenvalue weighted by Crippen LogP contribution is 2.25. The van der Waals surface area contributed by atoms with Gasteiger partial charge in [0.05, 0.1) is 5.69 Å². The number of rotatable bonds is 6. The Morgan fingerprint density at radius 3 is 2.67 bits per heavy atom. The summed E-state index contributed by atoms with van der Waals surface area (Å²) < 4.78 is 10.9. The monoisotopic (exact) mass is 288 g/mol. The van der Waals surface area contributed by atoms with Gasteiger partial charge in [-0.2, -0.15) is 4.98 Å². The van der Waals surface area contributed by atoms with Gasteiger partial charge in [-0.05, 0) is 25.5 Å². The highest BCUT2D eigenvalue weighted by molar-refractivity contribution is 5.40. The van der Waals surface area contributed by atoms with Crippen molar-refractivity contribution in [3.63, 3.8) is 0 Å². The van der Waals surface area contributed by atoms with Crippen molar-refractivity contribution in [2.75, 3.05) is 19.5 Å². The van der Waals surface area contributed by atoms with Crippen LogP contribution in [0.4, 0.5) is 5.82 Å². The van der Waals surface area contributed by atoms with E-state index in [0.29, 0.717) is 29.9 Å². The van der Waals surface area contributed by atoms with Crippen molar-refractivity contribution in [1.82, 2.24) is 15.0 Å². The van der Waals surface area contributed by atoms with Crippen LogP contribution in [0, 0.1) is 6.92 Å². The molecule has 2 rings (SSSR count). The number of ether oxygens (including phenoxy) is 2. The summed E-state index contributed by atoms with van der Waals surface area (Å²) in [6, 6.07) is 5.58. The average Bonchev–Trinajstić information content (AvgIpc) is 2.49. The number of nitrogens with zero attached hydrogens (tertiary/aromatic N) is 3. The lowest BCUT2D eigenvalue weighted by molar-refractivity contribution is 0.177. The fourth-order valence-corrected chi connectivity index (χ4v) is 1.90. The molecule has 2 heterocycles. The van der Waals surface area contributed by atoms with Crippen LogP contribution in [-0.2, 0) is 17.8 Å². The molecule has 0 radical (unpaired) electrons. The topological polar surface area (TPSA) is 69.2 Å². The predicted molar refractivity (Wildman–Crippen MR) is 80.7 cm³/mol. The van der Waals surface area contributed by atoms with E-state index in [1.807, 2.05) is 26.0 Å². The summed E-state index contributed by atoms with van der Waals surface area (Å²) in [4.78, 5) is 13.1. The van der Waals surface area contributed by atoms with Crippen LogP contribution in [-0.4, -0.2) is 29.1 Å². The minimum Gasteiger partial charge on any atom is -0.437 e. The van der Waals surface area contributed by atoms with E-state index in [0.717, 1.165) is 17.8 Å². The van der Waals surface area contributed by atoms with Crippen molar-refractivity contribution in [2.24, 2.45) is 0 Å². The van der Waals surface area contributed by atoms with Crippen LogP contribution >= 0.6 is 0 Å². The Morgan fingerprint density at radius 2 is 2.00 bits per heavy atom. The largest absolute Gasteiger partial charge is 0.437 e. The number of aryl methyl sites for hydroxylation is 2. The van der Waals surface area contributed by atoms with Gasteiger partial charge in [0.15, 0.2) is 11.6 Å². The van der Waals surface area contributed by atoms with Crippen LogP contribution in [0.1, 0.15) is 24.1 Å². The van der Waals surface area contributed by atoms with Gasteiger partial charge in [-0.3, -0.25) is 4.98 Å². The van der Waals surface area contributed by atoms with E-state index < -0.39 is 0 Å². The van der Waals surface area contributed by atoms with E-state index in [2.05, 4.69) is 20.3 Å². The van der Waals surface area contributed by atoms with Crippen LogP contribution in [0.3, 0.4) is 0 Å². The molecule has 0 aliphatic rings. The van der Waals surface area contributed by atoms with Gasteiger partial charge >= 0.3 is 0 Å². The van der Waals surface area contributed by atoms with Gasteiger partial charge in [-0.15, -0.1) is 0 Å². The van der Waals surface area contributed by atoms with Crippen LogP contribution in [0.25, 0.3) is 0 Å². The van der Waals surface area contributed by atoms with Gasteiger partial charge in [-0.1, -0.05) is 6.92 Å². The first-order valence-electron chi connectivity index (χ1n) is 6.85. The molecule has 0 bridgehead atoms. The molecule has 1 N–H and O–H groups in total. The molecule has 2 aromatic rings. The third kappa shape index (κ3) is 3.88. The summed E-state index contributed by atoms with van der Waals surface area (Å²) in [5.41, 5.74) is 1.88. The van der Waals surface area contributed by atoms with Crippen molar-refractivity contribution in [3.8, 4) is 11.6 Å². The smallest absolute Gasteiger partial charge is 0.224 e. The maximum Gasteiger partial charge on any atom is 0.224 e. The summed E-state index contributed by atoms with van der Waals surface area (Å²) in [5, 5.41) is 2.99. The summed E-state index contributed by atoms with van der Waals surface area (Å²) in [6.45, 7) is 4.34. The molecular formula is C15H20N4O2. The SMILES string of the molecule is CCc1nc(C)ccc1Oc1cc(NC)nc(COC)n1. The van der Waals surface area contributed by atoms with Crippen molar-refractivity contribution in [2.45, 2.75) is 26.9 Å². The maximum atomic E-state index is 5.88. The van der Waals surface area contributed by atoms with E-state index in [-0.39, 0.29) is 0 Å². The second-order valence-corrected chi connectivity index (χ2v) is 4.54. The van der Waals surface area contributed by atoms with E-state index in [1.54, 1.807) is 20.2 Å². The minimum atomic E-state index is 0.332. The third-order valence-corrected chi connectivity index (χ3v) is 2.90. The lowest BCUT2D eigenvalue weighted by Crippen LogP contribution is -2.04. The molecule has 0 aliphatic heterocycles. The van der Waals surface area contributed by atoms with E-state index in [4.69, 9.17) is 9.47 Å². The number of hydrogen-bond donors (Lipinski definition) is 1. The Balaban J connectivity index is 2.32. The van der Waals surface area contributed by atoms with Gasteiger partial charge in [0.2, 0.25) is 5.88 Å². The molecule has 6 heteroatoms. The van der Waals surface area contributed by atoms with Crippen molar-refractivity contribution < 1.29 is 9.47 Å². The van der Waals surface area contributed by atoms with Crippen LogP contribution in [0.15, 0.2) is 18.2 Å². The summed E-state index contributed by atoms with van der Waals surface area (Å²) in [5.74, 6) is 2.44. The van der Waals surface area contributed by atoms with E-state index in [1.165, 1.54) is 0 Å². The standard InChI is InChI=1S/C15H20N4O2/c1-5-11-12(7-6-10(2)17-11)21-15-8-13(16-3)18-14(19-15)9-20-4/h6-8H,5,9H2,1-4H3,(H,16,18,19). The molecule has 6 nitrogen and oxygen atoms in total. The Morgan fingerprint density at radius 1 is 1.19 bits per heavy atom. The number of aromatic nitrogens is 3. The number of anilines is 1. The van der Waals surface area contributed by atoms with Crippen molar-refractivity contribution >= 4 is 5.82 Å². The molecule has 0 amide bonds. The Hall–Kier alpha value is -2.21. The molecule has 0 atom stereocenters. The molecule has 0 saturated heterocycles. The lowest BCUT2D eigenvalue weighted by Gasteiger charge is -2.11. The Bertz CT molecular complexity index is 617. The van der Waals surface area contributed by atoms with Gasteiger partial charge in [0, 0.05) is 25.9 Å². The van der Waals surface area contributed by atoms with Crippen LogP contribution < -0.4 is 10.1 Å². The quantitative estimate of drug-likeness (QED) is 0.881. The molecule has 0 saturated carbocycles. The second kappa shape index (κ2) is 6.99. The molecule has 2 aromatic heterocycles. The lowest BCUT2D eigenvalue weighted by atomic mass is 10.2. The zero-order valence-electron chi connectivity index (χ0n) is 12.8. The fraction of sp³-hybridized carbons (Fsp3) is 0.400. The van der Waals surface area contributed by atoms with Gasteiger partial charge in [-0.25, -0.2) is 4.98 Å². The summed E-state index contributed by atoms with van der Waals surface area (Å²) >= 11 is 0. The molecule has 21 heavy (non-hydrogen) atoms. The number of hydrogen-bond acceptors (Lipinski definition) is 6. The van der Waals surface area contributed by atoms with Gasteiger partial charge < -0.3 is 14.8 Å². The van der Waals surface area contributed by atoms with Crippen LogP contribution in [0.2, 0.25) is 0 Å². The van der Waals surface area contributed by atoms with Crippen molar-refractivity contribution in [3.05, 3.63) is 35.4 Å². The first kappa shape index (κ1) is 15.2. The Labute approximate surface area is 124 Å². The number of nitrogens with one attached hydrogen (secondary N) is 1. The first-order chi connectivity index (χ1) is 10.2. The van der Waals surface area contributed by atoms with Gasteiger partial charge in [0.1, 0.15) is 12.4 Å². The Kier molecular flexibility index (Phi) is 5.05. The molecule has 112 valence electrons. The zero-order chi connectivity index (χ0) is 15.2. The molecule has 0 fully saturated rings. The van der Waals surface area contributed by atoms with Gasteiger partial charge in [0.25, 0.3) is 0 Å². The second-order valence-electron chi connectivity index (χ2n) is 4.54. The average molecular weight is 288 g/mol. The van der Waals surface area contributed by atoms with Crippen LogP contribution in [0.5, 0.6) is 11.6 Å². The fourth-order valence-electron chi connectivity index (χ4n) is 1.90. The minimum absolute atomic E-state index is 0.332. The van der Waals surface area contributed by atoms with Crippen molar-refractivity contribution in [1.29, 1.82) is 0 Å². The van der Waals surface area contributed by atoms with E-state index in [9.17, 15) is 0 Å². The maximum absolute atomic E-state index is 5.88. The highest BCUT2D eigenvalue weighted by Gasteiger charge is 2.09. The first-order valence-corrected chi connectivity index (χ1v) is 6.85. The summed E-state index contributed by atoms with van der Waals surface area (Å²) in [7, 11) is 3.41. The zero-order valence-corrected chi connectivity index (χ0v) is 12.8. The normalized spacial score (nSPS) is 10.5. The molecule has 0 aliphatic carbocycles. The predicted octanol–water partition coefficient (Wildman–Crippen LogP) is 2.72. The number of methoxy groups -OCH3 is 1. The molecular weight excluding hydrogens is 268 g/mol. The molecule has 0 aromatic carbocycles. The number of pyridine rings is 1. The summed E-state index contributed by atoms with van der Waals surface area (Å²) in [6.07, 6.45) is 0.798. The van der Waals surface area contributed by atoms with E-state index >= 15 is 0 Å². The molecule has 0 unspecified atom stereocenters. The highest BCUT2D eigenvalue weighted by atomic mass is 16.5. The molecule has 0 spiro atoms. The third-order valence-electron chi connectivity index (χ3n) is 2.90.